The summed E-state index contributed by atoms with van der Waals surface area (Å²) in [5.74, 6) is 0.497. The number of hydrogen-bond acceptors (Lipinski definition) is 5. The van der Waals surface area contributed by atoms with Gasteiger partial charge in [0.15, 0.2) is 0 Å². The Morgan fingerprint density at radius 1 is 1.31 bits per heavy atom. The molecule has 0 bridgehead atoms. The second kappa shape index (κ2) is 7.06. The van der Waals surface area contributed by atoms with Gasteiger partial charge in [0, 0.05) is 5.56 Å². The molecule has 1 amide bonds. The number of aliphatic hydroxyl groups is 1. The van der Waals surface area contributed by atoms with E-state index in [9.17, 15) is 9.90 Å². The molecule has 2 N–H and O–H groups in total. The fourth-order valence-electron chi connectivity index (χ4n) is 2.99. The summed E-state index contributed by atoms with van der Waals surface area (Å²) in [6.45, 7) is 3.69. The molecule has 0 saturated heterocycles. The SMILES string of the molecule is CC1(C)Oc2ccc(C#N)cc2[C@H](O)[C@H]1NC(=O)OCc1ccccc1. The lowest BCUT2D eigenvalue weighted by atomic mass is 9.85. The van der Waals surface area contributed by atoms with E-state index in [4.69, 9.17) is 14.7 Å². The topological polar surface area (TPSA) is 91.6 Å². The van der Waals surface area contributed by atoms with Crippen molar-refractivity contribution >= 4 is 6.09 Å². The fourth-order valence-corrected chi connectivity index (χ4v) is 2.99. The van der Waals surface area contributed by atoms with Crippen molar-refractivity contribution in [3.63, 3.8) is 0 Å². The first-order valence-corrected chi connectivity index (χ1v) is 8.29. The first-order valence-electron chi connectivity index (χ1n) is 8.29. The summed E-state index contributed by atoms with van der Waals surface area (Å²) in [5.41, 5.74) is 0.895. The number of nitrogens with zero attached hydrogens (tertiary/aromatic N) is 1. The third-order valence-electron chi connectivity index (χ3n) is 4.38. The highest BCUT2D eigenvalue weighted by atomic mass is 16.6. The minimum Gasteiger partial charge on any atom is -0.485 e. The summed E-state index contributed by atoms with van der Waals surface area (Å²) >= 11 is 0. The van der Waals surface area contributed by atoms with E-state index in [1.165, 1.54) is 0 Å². The first kappa shape index (κ1) is 17.8. The standard InChI is InChI=1S/C20H20N2O4/c1-20(2)18(22-19(24)25-12-13-6-4-3-5-7-13)17(23)15-10-14(11-21)8-9-16(15)26-20/h3-10,17-18,23H,12H2,1-2H3,(H,22,24)/t17-,18+/m0/s1. The number of nitrogens with one attached hydrogen (secondary N) is 1. The minimum atomic E-state index is -1.02. The number of fused-ring (bicyclic) bond motifs is 1. The Balaban J connectivity index is 1.73. The normalized spacial score (nSPS) is 20.2. The molecule has 0 aromatic heterocycles. The van der Waals surface area contributed by atoms with E-state index < -0.39 is 23.8 Å². The van der Waals surface area contributed by atoms with Crippen molar-refractivity contribution in [1.29, 1.82) is 5.26 Å². The van der Waals surface area contributed by atoms with Gasteiger partial charge in [-0.15, -0.1) is 0 Å². The van der Waals surface area contributed by atoms with Gasteiger partial charge in [-0.05, 0) is 37.6 Å². The minimum absolute atomic E-state index is 0.131. The summed E-state index contributed by atoms with van der Waals surface area (Å²) in [7, 11) is 0. The maximum Gasteiger partial charge on any atom is 0.407 e. The van der Waals surface area contributed by atoms with Crippen LogP contribution < -0.4 is 10.1 Å². The van der Waals surface area contributed by atoms with Gasteiger partial charge in [0.2, 0.25) is 0 Å². The largest absolute Gasteiger partial charge is 0.485 e. The van der Waals surface area contributed by atoms with Gasteiger partial charge in [-0.25, -0.2) is 4.79 Å². The van der Waals surface area contributed by atoms with Crippen LogP contribution in [0.2, 0.25) is 0 Å². The van der Waals surface area contributed by atoms with E-state index in [0.717, 1.165) is 5.56 Å². The van der Waals surface area contributed by atoms with Crippen molar-refractivity contribution in [2.24, 2.45) is 0 Å². The molecule has 0 saturated carbocycles. The highest BCUT2D eigenvalue weighted by Crippen LogP contribution is 2.40. The highest BCUT2D eigenvalue weighted by Gasteiger charge is 2.44. The molecule has 0 fully saturated rings. The van der Waals surface area contributed by atoms with Crippen molar-refractivity contribution in [3.05, 3.63) is 65.2 Å². The summed E-state index contributed by atoms with van der Waals surface area (Å²) in [6, 6.07) is 15.5. The molecule has 1 aliphatic heterocycles. The van der Waals surface area contributed by atoms with Crippen LogP contribution >= 0.6 is 0 Å². The molecule has 0 aliphatic carbocycles. The Kier molecular flexibility index (Phi) is 4.83. The Morgan fingerprint density at radius 3 is 2.73 bits per heavy atom. The van der Waals surface area contributed by atoms with Crippen molar-refractivity contribution in [1.82, 2.24) is 5.32 Å². The molecular weight excluding hydrogens is 332 g/mol. The van der Waals surface area contributed by atoms with E-state index in [1.807, 2.05) is 36.4 Å². The average molecular weight is 352 g/mol. The van der Waals surface area contributed by atoms with Crippen LogP contribution in [0.3, 0.4) is 0 Å². The van der Waals surface area contributed by atoms with E-state index in [2.05, 4.69) is 5.32 Å². The Labute approximate surface area is 152 Å². The second-order valence-electron chi connectivity index (χ2n) is 6.70. The van der Waals surface area contributed by atoms with Gasteiger partial charge in [0.1, 0.15) is 30.1 Å². The molecule has 2 aromatic carbocycles. The van der Waals surface area contributed by atoms with Crippen LogP contribution in [0.4, 0.5) is 4.79 Å². The van der Waals surface area contributed by atoms with E-state index >= 15 is 0 Å². The van der Waals surface area contributed by atoms with Gasteiger partial charge in [-0.2, -0.15) is 5.26 Å². The quantitative estimate of drug-likeness (QED) is 0.886. The number of alkyl carbamates (subject to hydrolysis) is 1. The Morgan fingerprint density at radius 2 is 2.04 bits per heavy atom. The van der Waals surface area contributed by atoms with Crippen molar-refractivity contribution < 1.29 is 19.4 Å². The number of amides is 1. The van der Waals surface area contributed by atoms with Gasteiger partial charge >= 0.3 is 6.09 Å². The summed E-state index contributed by atoms with van der Waals surface area (Å²) in [4.78, 5) is 12.2. The zero-order valence-electron chi connectivity index (χ0n) is 14.6. The van der Waals surface area contributed by atoms with Gasteiger partial charge < -0.3 is 19.9 Å². The molecule has 2 aromatic rings. The molecule has 0 spiro atoms. The monoisotopic (exact) mass is 352 g/mol. The second-order valence-corrected chi connectivity index (χ2v) is 6.70. The lowest BCUT2D eigenvalue weighted by Gasteiger charge is -2.42. The molecule has 6 nitrogen and oxygen atoms in total. The van der Waals surface area contributed by atoms with Crippen LogP contribution in [0.15, 0.2) is 48.5 Å². The molecule has 1 aliphatic rings. The van der Waals surface area contributed by atoms with Crippen LogP contribution in [0.5, 0.6) is 5.75 Å². The third kappa shape index (κ3) is 3.63. The average Bonchev–Trinajstić information content (AvgIpc) is 2.64. The van der Waals surface area contributed by atoms with Gasteiger partial charge in [-0.1, -0.05) is 30.3 Å². The van der Waals surface area contributed by atoms with E-state index in [-0.39, 0.29) is 6.61 Å². The number of carbonyl (C=O) groups is 1. The van der Waals surface area contributed by atoms with Crippen molar-refractivity contribution in [3.8, 4) is 11.8 Å². The molecule has 26 heavy (non-hydrogen) atoms. The number of benzene rings is 2. The van der Waals surface area contributed by atoms with Crippen LogP contribution in [0, 0.1) is 11.3 Å². The number of nitriles is 1. The van der Waals surface area contributed by atoms with Gasteiger partial charge in [0.05, 0.1) is 11.6 Å². The maximum atomic E-state index is 12.2. The molecule has 134 valence electrons. The van der Waals surface area contributed by atoms with Gasteiger partial charge in [0.25, 0.3) is 0 Å². The van der Waals surface area contributed by atoms with Crippen molar-refractivity contribution in [2.45, 2.75) is 38.2 Å². The highest BCUT2D eigenvalue weighted by molar-refractivity contribution is 5.68. The summed E-state index contributed by atoms with van der Waals surface area (Å²) in [6.07, 6.45) is -1.67. The molecule has 0 radical (unpaired) electrons. The molecular formula is C20H20N2O4. The van der Waals surface area contributed by atoms with E-state index in [1.54, 1.807) is 32.0 Å². The van der Waals surface area contributed by atoms with Gasteiger partial charge in [-0.3, -0.25) is 0 Å². The van der Waals surface area contributed by atoms with E-state index in [0.29, 0.717) is 16.9 Å². The molecule has 1 heterocycles. The molecule has 2 atom stereocenters. The van der Waals surface area contributed by atoms with Crippen molar-refractivity contribution in [2.75, 3.05) is 0 Å². The molecule has 3 rings (SSSR count). The molecule has 6 heteroatoms. The number of ether oxygens (including phenoxy) is 2. The van der Waals surface area contributed by atoms with Crippen LogP contribution in [0.25, 0.3) is 0 Å². The maximum absolute atomic E-state index is 12.2. The zero-order chi connectivity index (χ0) is 18.7. The number of carbonyl (C=O) groups excluding carboxylic acids is 1. The third-order valence-corrected chi connectivity index (χ3v) is 4.38. The predicted molar refractivity (Wildman–Crippen MR) is 94.4 cm³/mol. The smallest absolute Gasteiger partial charge is 0.407 e. The lowest BCUT2D eigenvalue weighted by molar-refractivity contribution is -0.0276. The first-order chi connectivity index (χ1) is 12.4. The number of hydrogen-bond donors (Lipinski definition) is 2. The summed E-state index contributed by atoms with van der Waals surface area (Å²) < 4.78 is 11.2. The summed E-state index contributed by atoms with van der Waals surface area (Å²) in [5, 5.41) is 22.5. The number of aliphatic hydroxyl groups excluding tert-OH is 1. The molecule has 0 unspecified atom stereocenters. The predicted octanol–water partition coefficient (Wildman–Crippen LogP) is 3.06. The van der Waals surface area contributed by atoms with Crippen LogP contribution in [-0.4, -0.2) is 22.8 Å². The van der Waals surface area contributed by atoms with Crippen LogP contribution in [-0.2, 0) is 11.3 Å². The van der Waals surface area contributed by atoms with Crippen LogP contribution in [0.1, 0.15) is 36.6 Å². The zero-order valence-corrected chi connectivity index (χ0v) is 14.6. The lowest BCUT2D eigenvalue weighted by Crippen LogP contribution is -2.57. The Bertz CT molecular complexity index is 843. The Hall–Kier alpha value is -3.04. The number of rotatable bonds is 3. The fraction of sp³-hybridized carbons (Fsp3) is 0.300.